The van der Waals surface area contributed by atoms with Crippen molar-refractivity contribution >= 4 is 5.91 Å². The van der Waals surface area contributed by atoms with Crippen molar-refractivity contribution in [3.63, 3.8) is 0 Å². The normalized spacial score (nSPS) is 17.7. The summed E-state index contributed by atoms with van der Waals surface area (Å²) in [5.74, 6) is -0.232. The van der Waals surface area contributed by atoms with Crippen LogP contribution in [0, 0.1) is 0 Å². The number of rotatable bonds is 4. The highest BCUT2D eigenvalue weighted by molar-refractivity contribution is 5.97. The van der Waals surface area contributed by atoms with Crippen molar-refractivity contribution in [3.8, 4) is 5.75 Å². The van der Waals surface area contributed by atoms with E-state index in [2.05, 4.69) is 5.32 Å². The van der Waals surface area contributed by atoms with Gasteiger partial charge in [-0.3, -0.25) is 4.79 Å². The van der Waals surface area contributed by atoms with Gasteiger partial charge in [0.25, 0.3) is 5.91 Å². The lowest BCUT2D eigenvalue weighted by Crippen LogP contribution is -2.40. The van der Waals surface area contributed by atoms with E-state index in [1.807, 2.05) is 36.4 Å². The van der Waals surface area contributed by atoms with E-state index in [1.165, 1.54) is 5.56 Å². The maximum Gasteiger partial charge on any atom is 0.255 e. The number of nitrogens with one attached hydrogen (secondary N) is 1. The maximum absolute atomic E-state index is 12.4. The first-order valence-electron chi connectivity index (χ1n) is 7.97. The number of benzene rings is 2. The molecule has 0 aliphatic carbocycles. The van der Waals surface area contributed by atoms with Gasteiger partial charge < -0.3 is 15.2 Å². The second-order valence-electron chi connectivity index (χ2n) is 5.90. The van der Waals surface area contributed by atoms with E-state index in [4.69, 9.17) is 4.74 Å². The molecule has 0 spiro atoms. The fourth-order valence-electron chi connectivity index (χ4n) is 2.82. The van der Waals surface area contributed by atoms with Gasteiger partial charge in [-0.2, -0.15) is 0 Å². The molecule has 2 aromatic carbocycles. The molecular formula is C19H21NO3. The minimum absolute atomic E-state index is 0.0102. The average molecular weight is 311 g/mol. The Hall–Kier alpha value is -2.33. The molecule has 1 fully saturated rings. The molecule has 2 N–H and O–H groups in total. The highest BCUT2D eigenvalue weighted by Crippen LogP contribution is 2.21. The quantitative estimate of drug-likeness (QED) is 0.913. The van der Waals surface area contributed by atoms with Crippen LogP contribution >= 0.6 is 0 Å². The second kappa shape index (κ2) is 7.29. The van der Waals surface area contributed by atoms with Crippen LogP contribution in [0.2, 0.25) is 0 Å². The van der Waals surface area contributed by atoms with Crippen LogP contribution < -0.4 is 5.32 Å². The minimum Gasteiger partial charge on any atom is -0.507 e. The molecule has 3 rings (SSSR count). The van der Waals surface area contributed by atoms with Crippen LogP contribution in [0.4, 0.5) is 0 Å². The lowest BCUT2D eigenvalue weighted by atomic mass is 10.0. The molecule has 0 radical (unpaired) electrons. The zero-order valence-corrected chi connectivity index (χ0v) is 13.0. The van der Waals surface area contributed by atoms with Crippen molar-refractivity contribution in [1.29, 1.82) is 0 Å². The summed E-state index contributed by atoms with van der Waals surface area (Å²) in [6.07, 6.45) is 2.59. The third kappa shape index (κ3) is 4.11. The zero-order valence-electron chi connectivity index (χ0n) is 13.0. The number of amides is 1. The van der Waals surface area contributed by atoms with E-state index >= 15 is 0 Å². The van der Waals surface area contributed by atoms with E-state index < -0.39 is 0 Å². The molecule has 1 unspecified atom stereocenters. The third-order valence-electron chi connectivity index (χ3n) is 4.05. The predicted molar refractivity (Wildman–Crippen MR) is 88.7 cm³/mol. The van der Waals surface area contributed by atoms with E-state index in [0.29, 0.717) is 12.2 Å². The highest BCUT2D eigenvalue weighted by Gasteiger charge is 2.19. The van der Waals surface area contributed by atoms with Crippen LogP contribution in [-0.2, 0) is 11.2 Å². The summed E-state index contributed by atoms with van der Waals surface area (Å²) in [5, 5.41) is 13.0. The van der Waals surface area contributed by atoms with Gasteiger partial charge >= 0.3 is 0 Å². The minimum atomic E-state index is -0.243. The smallest absolute Gasteiger partial charge is 0.255 e. The first kappa shape index (κ1) is 15.6. The maximum atomic E-state index is 12.4. The fraction of sp³-hybridized carbons (Fsp3) is 0.316. The number of hydrogen-bond donors (Lipinski definition) is 2. The average Bonchev–Trinajstić information content (AvgIpc) is 2.58. The summed E-state index contributed by atoms with van der Waals surface area (Å²) in [5.41, 5.74) is 2.49. The summed E-state index contributed by atoms with van der Waals surface area (Å²) in [4.78, 5) is 12.4. The van der Waals surface area contributed by atoms with Crippen LogP contribution in [0.5, 0.6) is 5.75 Å². The second-order valence-corrected chi connectivity index (χ2v) is 5.90. The summed E-state index contributed by atoms with van der Waals surface area (Å²) in [6, 6.07) is 15.3. The third-order valence-corrected chi connectivity index (χ3v) is 4.05. The number of phenolic OH excluding ortho intramolecular Hbond substituents is 1. The lowest BCUT2D eigenvalue weighted by Gasteiger charge is -2.23. The van der Waals surface area contributed by atoms with Gasteiger partial charge in [0.15, 0.2) is 0 Å². The molecule has 1 aliphatic heterocycles. The van der Waals surface area contributed by atoms with E-state index in [0.717, 1.165) is 31.4 Å². The number of hydrogen-bond acceptors (Lipinski definition) is 3. The van der Waals surface area contributed by atoms with Gasteiger partial charge in [-0.05, 0) is 42.5 Å². The Labute approximate surface area is 136 Å². The van der Waals surface area contributed by atoms with E-state index in [-0.39, 0.29) is 17.7 Å². The summed E-state index contributed by atoms with van der Waals surface area (Å²) in [7, 11) is 0. The SMILES string of the molecule is O=C(NC1CCCOC1)c1cc(Cc2ccccc2)ccc1O. The van der Waals surface area contributed by atoms with Crippen molar-refractivity contribution in [3.05, 3.63) is 65.2 Å². The lowest BCUT2D eigenvalue weighted by molar-refractivity contribution is 0.0623. The van der Waals surface area contributed by atoms with Gasteiger partial charge in [-0.15, -0.1) is 0 Å². The van der Waals surface area contributed by atoms with Crippen molar-refractivity contribution in [2.24, 2.45) is 0 Å². The Morgan fingerprint density at radius 1 is 1.17 bits per heavy atom. The van der Waals surface area contributed by atoms with Crippen molar-refractivity contribution in [2.45, 2.75) is 25.3 Å². The van der Waals surface area contributed by atoms with Crippen molar-refractivity contribution < 1.29 is 14.6 Å². The number of carbonyl (C=O) groups excluding carboxylic acids is 1. The monoisotopic (exact) mass is 311 g/mol. The van der Waals surface area contributed by atoms with Gasteiger partial charge in [0.05, 0.1) is 18.2 Å². The van der Waals surface area contributed by atoms with Crippen LogP contribution in [-0.4, -0.2) is 30.3 Å². The molecule has 0 aromatic heterocycles. The molecule has 0 bridgehead atoms. The molecule has 4 heteroatoms. The number of carbonyl (C=O) groups is 1. The Morgan fingerprint density at radius 2 is 2.00 bits per heavy atom. The van der Waals surface area contributed by atoms with Gasteiger partial charge in [0.1, 0.15) is 5.75 Å². The number of aromatic hydroxyl groups is 1. The number of phenols is 1. The first-order valence-corrected chi connectivity index (χ1v) is 7.97. The molecule has 1 atom stereocenters. The van der Waals surface area contributed by atoms with Gasteiger partial charge in [0.2, 0.25) is 0 Å². The van der Waals surface area contributed by atoms with E-state index in [1.54, 1.807) is 12.1 Å². The largest absolute Gasteiger partial charge is 0.507 e. The van der Waals surface area contributed by atoms with Gasteiger partial charge in [-0.1, -0.05) is 36.4 Å². The zero-order chi connectivity index (χ0) is 16.1. The van der Waals surface area contributed by atoms with E-state index in [9.17, 15) is 9.90 Å². The first-order chi connectivity index (χ1) is 11.2. The molecule has 120 valence electrons. The summed E-state index contributed by atoms with van der Waals surface area (Å²) < 4.78 is 5.37. The Balaban J connectivity index is 1.73. The van der Waals surface area contributed by atoms with Crippen LogP contribution in [0.1, 0.15) is 34.3 Å². The van der Waals surface area contributed by atoms with Crippen molar-refractivity contribution in [2.75, 3.05) is 13.2 Å². The highest BCUT2D eigenvalue weighted by atomic mass is 16.5. The van der Waals surface area contributed by atoms with Crippen LogP contribution in [0.25, 0.3) is 0 Å². The fourth-order valence-corrected chi connectivity index (χ4v) is 2.82. The molecule has 2 aromatic rings. The van der Waals surface area contributed by atoms with Crippen molar-refractivity contribution in [1.82, 2.24) is 5.32 Å². The molecule has 1 amide bonds. The molecular weight excluding hydrogens is 290 g/mol. The molecule has 0 saturated carbocycles. The Morgan fingerprint density at radius 3 is 2.74 bits per heavy atom. The van der Waals surface area contributed by atoms with Gasteiger partial charge in [0, 0.05) is 6.61 Å². The molecule has 23 heavy (non-hydrogen) atoms. The molecule has 1 heterocycles. The topological polar surface area (TPSA) is 58.6 Å². The molecule has 1 aliphatic rings. The predicted octanol–water partition coefficient (Wildman–Crippen LogP) is 2.89. The van der Waals surface area contributed by atoms with Crippen LogP contribution in [0.15, 0.2) is 48.5 Å². The number of ether oxygens (including phenoxy) is 1. The molecule has 4 nitrogen and oxygen atoms in total. The standard InChI is InChI=1S/C19H21NO3/c21-18-9-8-15(11-14-5-2-1-3-6-14)12-17(18)19(22)20-16-7-4-10-23-13-16/h1-3,5-6,8-9,12,16,21H,4,7,10-11,13H2,(H,20,22). The van der Waals surface area contributed by atoms with Gasteiger partial charge in [-0.25, -0.2) is 0 Å². The van der Waals surface area contributed by atoms with Crippen LogP contribution in [0.3, 0.4) is 0 Å². The Bertz CT molecular complexity index is 664. The summed E-state index contributed by atoms with van der Waals surface area (Å²) in [6.45, 7) is 1.29. The Kier molecular flexibility index (Phi) is 4.93. The molecule has 1 saturated heterocycles. The summed E-state index contributed by atoms with van der Waals surface area (Å²) >= 11 is 0.